The fourth-order valence-electron chi connectivity index (χ4n) is 1.74. The number of fused-ring (bicyclic) bond motifs is 1. The average molecular weight is 266 g/mol. The number of carbonyl (C=O) groups is 1. The Balaban J connectivity index is 2.45. The number of aliphatic carboxylic acids is 1. The number of aryl methyl sites for hydroxylation is 1. The normalized spacial score (nSPS) is 10.6. The largest absolute Gasteiger partial charge is 0.494 e. The van der Waals surface area contributed by atoms with Crippen molar-refractivity contribution in [1.29, 1.82) is 0 Å². The van der Waals surface area contributed by atoms with Crippen molar-refractivity contribution < 1.29 is 14.6 Å². The van der Waals surface area contributed by atoms with Crippen LogP contribution in [0, 0.1) is 0 Å². The van der Waals surface area contributed by atoms with Crippen molar-refractivity contribution in [2.24, 2.45) is 0 Å². The highest BCUT2D eigenvalue weighted by molar-refractivity contribution is 6.35. The second kappa shape index (κ2) is 5.23. The molecule has 1 aromatic heterocycles. The number of aromatic nitrogens is 1. The van der Waals surface area contributed by atoms with Gasteiger partial charge in [0.05, 0.1) is 18.6 Å². The van der Waals surface area contributed by atoms with Gasteiger partial charge in [0, 0.05) is 17.5 Å². The molecule has 4 nitrogen and oxygen atoms in total. The smallest absolute Gasteiger partial charge is 0.303 e. The minimum absolute atomic E-state index is 0.0569. The fraction of sp³-hybridized carbons (Fsp3) is 0.231. The molecule has 94 valence electrons. The molecule has 0 bridgehead atoms. The number of carboxylic acids is 1. The number of carboxylic acid groups (broad SMARTS) is 1. The molecule has 0 saturated heterocycles. The number of ether oxygens (including phenoxy) is 1. The summed E-state index contributed by atoms with van der Waals surface area (Å²) in [7, 11) is 1.56. The van der Waals surface area contributed by atoms with E-state index in [2.05, 4.69) is 4.98 Å². The Labute approximate surface area is 109 Å². The number of pyridine rings is 1. The van der Waals surface area contributed by atoms with Gasteiger partial charge in [0.25, 0.3) is 0 Å². The summed E-state index contributed by atoms with van der Waals surface area (Å²) in [6, 6.07) is 7.13. The molecule has 2 rings (SSSR count). The SMILES string of the molecule is COc1ccc(Cl)c2ccc(CCC(=O)O)nc12. The summed E-state index contributed by atoms with van der Waals surface area (Å²) < 4.78 is 5.23. The van der Waals surface area contributed by atoms with E-state index in [4.69, 9.17) is 21.4 Å². The summed E-state index contributed by atoms with van der Waals surface area (Å²) in [6.45, 7) is 0. The Morgan fingerprint density at radius 2 is 2.17 bits per heavy atom. The second-order valence-corrected chi connectivity index (χ2v) is 4.25. The molecule has 0 radical (unpaired) electrons. The molecule has 1 aromatic carbocycles. The summed E-state index contributed by atoms with van der Waals surface area (Å²) in [5, 5.41) is 10.1. The van der Waals surface area contributed by atoms with E-state index in [1.165, 1.54) is 0 Å². The maximum Gasteiger partial charge on any atom is 0.303 e. The maximum atomic E-state index is 10.5. The molecule has 0 amide bonds. The van der Waals surface area contributed by atoms with Gasteiger partial charge in [-0.05, 0) is 24.3 Å². The van der Waals surface area contributed by atoms with Crippen molar-refractivity contribution in [2.45, 2.75) is 12.8 Å². The molecular formula is C13H12ClNO3. The van der Waals surface area contributed by atoms with Gasteiger partial charge in [-0.25, -0.2) is 4.98 Å². The minimum atomic E-state index is -0.838. The van der Waals surface area contributed by atoms with Gasteiger partial charge in [-0.15, -0.1) is 0 Å². The zero-order valence-electron chi connectivity index (χ0n) is 9.81. The van der Waals surface area contributed by atoms with Gasteiger partial charge in [-0.1, -0.05) is 11.6 Å². The van der Waals surface area contributed by atoms with Gasteiger partial charge in [0.15, 0.2) is 0 Å². The maximum absolute atomic E-state index is 10.5. The summed E-state index contributed by atoms with van der Waals surface area (Å²) >= 11 is 6.08. The van der Waals surface area contributed by atoms with E-state index in [9.17, 15) is 4.79 Å². The highest BCUT2D eigenvalue weighted by atomic mass is 35.5. The third-order valence-corrected chi connectivity index (χ3v) is 2.97. The zero-order chi connectivity index (χ0) is 13.1. The van der Waals surface area contributed by atoms with Crippen LogP contribution in [0.1, 0.15) is 12.1 Å². The highest BCUT2D eigenvalue weighted by Crippen LogP contribution is 2.30. The molecular weight excluding hydrogens is 254 g/mol. The first-order valence-electron chi connectivity index (χ1n) is 5.45. The van der Waals surface area contributed by atoms with E-state index in [1.807, 2.05) is 6.07 Å². The van der Waals surface area contributed by atoms with Gasteiger partial charge in [-0.2, -0.15) is 0 Å². The van der Waals surface area contributed by atoms with Crippen LogP contribution >= 0.6 is 11.6 Å². The van der Waals surface area contributed by atoms with Crippen molar-refractivity contribution in [3.05, 3.63) is 35.0 Å². The molecule has 0 aliphatic rings. The lowest BCUT2D eigenvalue weighted by Crippen LogP contribution is -2.00. The molecule has 1 N–H and O–H groups in total. The van der Waals surface area contributed by atoms with E-state index in [0.29, 0.717) is 28.4 Å². The van der Waals surface area contributed by atoms with Gasteiger partial charge in [0.2, 0.25) is 0 Å². The molecule has 0 fully saturated rings. The van der Waals surface area contributed by atoms with Crippen LogP contribution in [-0.2, 0) is 11.2 Å². The number of rotatable bonds is 4. The van der Waals surface area contributed by atoms with Crippen LogP contribution in [0.4, 0.5) is 0 Å². The van der Waals surface area contributed by atoms with Crippen molar-refractivity contribution in [1.82, 2.24) is 4.98 Å². The van der Waals surface area contributed by atoms with E-state index < -0.39 is 5.97 Å². The quantitative estimate of drug-likeness (QED) is 0.923. The lowest BCUT2D eigenvalue weighted by atomic mass is 10.1. The highest BCUT2D eigenvalue weighted by Gasteiger charge is 2.08. The van der Waals surface area contributed by atoms with Crippen molar-refractivity contribution in [3.8, 4) is 5.75 Å². The summed E-state index contributed by atoms with van der Waals surface area (Å²) in [5.41, 5.74) is 1.37. The Morgan fingerprint density at radius 1 is 1.39 bits per heavy atom. The Bertz CT molecular complexity index is 598. The van der Waals surface area contributed by atoms with Crippen molar-refractivity contribution in [2.75, 3.05) is 7.11 Å². The second-order valence-electron chi connectivity index (χ2n) is 3.84. The fourth-order valence-corrected chi connectivity index (χ4v) is 1.95. The van der Waals surface area contributed by atoms with Crippen molar-refractivity contribution in [3.63, 3.8) is 0 Å². The molecule has 0 saturated carbocycles. The first-order valence-corrected chi connectivity index (χ1v) is 5.83. The predicted molar refractivity (Wildman–Crippen MR) is 69.3 cm³/mol. The number of benzene rings is 1. The number of hydrogen-bond donors (Lipinski definition) is 1. The molecule has 0 unspecified atom stereocenters. The summed E-state index contributed by atoms with van der Waals surface area (Å²) in [4.78, 5) is 14.9. The lowest BCUT2D eigenvalue weighted by Gasteiger charge is -2.07. The number of nitrogens with zero attached hydrogens (tertiary/aromatic N) is 1. The first kappa shape index (κ1) is 12.6. The van der Waals surface area contributed by atoms with E-state index >= 15 is 0 Å². The van der Waals surface area contributed by atoms with Gasteiger partial charge in [-0.3, -0.25) is 4.79 Å². The van der Waals surface area contributed by atoms with Crippen LogP contribution in [-0.4, -0.2) is 23.2 Å². The third kappa shape index (κ3) is 2.54. The Hall–Kier alpha value is -1.81. The van der Waals surface area contributed by atoms with Gasteiger partial charge >= 0.3 is 5.97 Å². The number of hydrogen-bond acceptors (Lipinski definition) is 3. The van der Waals surface area contributed by atoms with Crippen LogP contribution in [0.2, 0.25) is 5.02 Å². The van der Waals surface area contributed by atoms with E-state index in [1.54, 1.807) is 25.3 Å². The summed E-state index contributed by atoms with van der Waals surface area (Å²) in [5.74, 6) is -0.207. The van der Waals surface area contributed by atoms with Crippen LogP contribution < -0.4 is 4.74 Å². The molecule has 0 aliphatic heterocycles. The molecule has 0 aliphatic carbocycles. The molecule has 0 spiro atoms. The Morgan fingerprint density at radius 3 is 2.83 bits per heavy atom. The minimum Gasteiger partial charge on any atom is -0.494 e. The van der Waals surface area contributed by atoms with E-state index in [0.717, 1.165) is 5.39 Å². The summed E-state index contributed by atoms with van der Waals surface area (Å²) in [6.07, 6.45) is 0.447. The van der Waals surface area contributed by atoms with Crippen LogP contribution in [0.5, 0.6) is 5.75 Å². The standard InChI is InChI=1S/C13H12ClNO3/c1-18-11-6-5-10(14)9-4-2-8(15-13(9)11)3-7-12(16)17/h2,4-6H,3,7H2,1H3,(H,16,17). The van der Waals surface area contributed by atoms with Crippen LogP contribution in [0.25, 0.3) is 10.9 Å². The predicted octanol–water partition coefficient (Wildman–Crippen LogP) is 2.91. The average Bonchev–Trinajstić information content (AvgIpc) is 2.37. The van der Waals surface area contributed by atoms with Gasteiger partial charge < -0.3 is 9.84 Å². The molecule has 2 aromatic rings. The zero-order valence-corrected chi connectivity index (χ0v) is 10.6. The topological polar surface area (TPSA) is 59.4 Å². The number of methoxy groups -OCH3 is 1. The molecule has 0 atom stereocenters. The monoisotopic (exact) mass is 265 g/mol. The van der Waals surface area contributed by atoms with Crippen LogP contribution in [0.15, 0.2) is 24.3 Å². The third-order valence-electron chi connectivity index (χ3n) is 2.64. The van der Waals surface area contributed by atoms with Crippen molar-refractivity contribution >= 4 is 28.5 Å². The molecule has 1 heterocycles. The Kier molecular flexibility index (Phi) is 3.67. The first-order chi connectivity index (χ1) is 8.61. The van der Waals surface area contributed by atoms with Gasteiger partial charge in [0.1, 0.15) is 11.3 Å². The van der Waals surface area contributed by atoms with Crippen LogP contribution in [0.3, 0.4) is 0 Å². The number of halogens is 1. The lowest BCUT2D eigenvalue weighted by molar-refractivity contribution is -0.136. The molecule has 18 heavy (non-hydrogen) atoms. The molecule has 5 heteroatoms. The van der Waals surface area contributed by atoms with E-state index in [-0.39, 0.29) is 6.42 Å².